The van der Waals surface area contributed by atoms with Crippen LogP contribution in [0.5, 0.6) is 5.75 Å². The van der Waals surface area contributed by atoms with Crippen LogP contribution in [-0.2, 0) is 9.59 Å². The van der Waals surface area contributed by atoms with E-state index in [1.807, 2.05) is 0 Å². The van der Waals surface area contributed by atoms with Crippen LogP contribution in [0.15, 0.2) is 35.7 Å². The van der Waals surface area contributed by atoms with Gasteiger partial charge in [0.05, 0.1) is 24.8 Å². The van der Waals surface area contributed by atoms with E-state index < -0.39 is 5.97 Å². The summed E-state index contributed by atoms with van der Waals surface area (Å²) in [6, 6.07) is 6.64. The Morgan fingerprint density at radius 3 is 2.44 bits per heavy atom. The van der Waals surface area contributed by atoms with E-state index in [0.29, 0.717) is 11.4 Å². The lowest BCUT2D eigenvalue weighted by Crippen LogP contribution is -2.28. The highest BCUT2D eigenvalue weighted by molar-refractivity contribution is 6.08. The van der Waals surface area contributed by atoms with Gasteiger partial charge in [-0.2, -0.15) is 0 Å². The second-order valence-electron chi connectivity index (χ2n) is 3.77. The average Bonchev–Trinajstić information content (AvgIpc) is 2.65. The molecule has 6 nitrogen and oxygen atoms in total. The average molecular weight is 248 g/mol. The van der Waals surface area contributed by atoms with Crippen molar-refractivity contribution < 1.29 is 19.4 Å². The quantitative estimate of drug-likeness (QED) is 0.820. The summed E-state index contributed by atoms with van der Waals surface area (Å²) in [5.41, 5.74) is 6.14. The molecule has 0 spiro atoms. The lowest BCUT2D eigenvalue weighted by Gasteiger charge is -2.17. The zero-order valence-electron chi connectivity index (χ0n) is 9.71. The summed E-state index contributed by atoms with van der Waals surface area (Å²) in [4.78, 5) is 23.9. The number of anilines is 1. The minimum atomic E-state index is -1.17. The van der Waals surface area contributed by atoms with Crippen molar-refractivity contribution in [3.63, 3.8) is 0 Å². The molecule has 6 heteroatoms. The van der Waals surface area contributed by atoms with Crippen molar-refractivity contribution >= 4 is 17.6 Å². The van der Waals surface area contributed by atoms with E-state index in [2.05, 4.69) is 0 Å². The zero-order valence-corrected chi connectivity index (χ0v) is 9.71. The van der Waals surface area contributed by atoms with Crippen molar-refractivity contribution in [1.82, 2.24) is 0 Å². The predicted molar refractivity (Wildman–Crippen MR) is 63.9 cm³/mol. The van der Waals surface area contributed by atoms with Gasteiger partial charge in [0.15, 0.2) is 0 Å². The highest BCUT2D eigenvalue weighted by Crippen LogP contribution is 2.28. The van der Waals surface area contributed by atoms with Crippen LogP contribution in [0.3, 0.4) is 0 Å². The molecule has 1 aromatic carbocycles. The largest absolute Gasteiger partial charge is 0.497 e. The standard InChI is InChI=1S/C12H12N2O4/c1-18-8-4-2-7(3-5-8)14-10(15)6-9(11(14)13)12(16)17/h2-5H,6,13H2,1H3,(H,16,17). The molecule has 0 atom stereocenters. The molecule has 1 amide bonds. The van der Waals surface area contributed by atoms with E-state index in [0.717, 1.165) is 0 Å². The van der Waals surface area contributed by atoms with Gasteiger partial charge in [-0.1, -0.05) is 0 Å². The molecule has 0 aromatic heterocycles. The Balaban J connectivity index is 2.37. The number of ether oxygens (including phenoxy) is 1. The first-order valence-electron chi connectivity index (χ1n) is 5.23. The van der Waals surface area contributed by atoms with E-state index in [4.69, 9.17) is 15.6 Å². The van der Waals surface area contributed by atoms with E-state index in [1.54, 1.807) is 24.3 Å². The smallest absolute Gasteiger partial charge is 0.335 e. The number of hydrogen-bond acceptors (Lipinski definition) is 4. The van der Waals surface area contributed by atoms with Crippen molar-refractivity contribution in [1.29, 1.82) is 0 Å². The Labute approximate surface area is 103 Å². The van der Waals surface area contributed by atoms with Gasteiger partial charge < -0.3 is 15.6 Å². The van der Waals surface area contributed by atoms with Gasteiger partial charge in [0.1, 0.15) is 11.6 Å². The molecule has 0 saturated carbocycles. The molecule has 0 aliphatic carbocycles. The van der Waals surface area contributed by atoms with Crippen LogP contribution in [0.4, 0.5) is 5.69 Å². The fourth-order valence-corrected chi connectivity index (χ4v) is 1.79. The number of rotatable bonds is 3. The lowest BCUT2D eigenvalue weighted by molar-refractivity contribution is -0.133. The van der Waals surface area contributed by atoms with Gasteiger partial charge in [-0.15, -0.1) is 0 Å². The van der Waals surface area contributed by atoms with E-state index in [-0.39, 0.29) is 23.7 Å². The lowest BCUT2D eigenvalue weighted by atomic mass is 10.2. The first-order chi connectivity index (χ1) is 8.54. The van der Waals surface area contributed by atoms with Crippen LogP contribution >= 0.6 is 0 Å². The first kappa shape index (κ1) is 12.0. The summed E-state index contributed by atoms with van der Waals surface area (Å²) >= 11 is 0. The number of carboxylic acids is 1. The van der Waals surface area contributed by atoms with Crippen molar-refractivity contribution in [2.45, 2.75) is 6.42 Å². The molecule has 1 heterocycles. The van der Waals surface area contributed by atoms with E-state index in [1.165, 1.54) is 12.0 Å². The number of carbonyl (C=O) groups is 2. The number of amides is 1. The Hall–Kier alpha value is -2.50. The Kier molecular flexibility index (Phi) is 2.93. The summed E-state index contributed by atoms with van der Waals surface area (Å²) in [5.74, 6) is -0.906. The molecule has 1 aromatic rings. The predicted octanol–water partition coefficient (Wildman–Crippen LogP) is 0.687. The van der Waals surface area contributed by atoms with E-state index >= 15 is 0 Å². The normalized spacial score (nSPS) is 15.2. The number of benzene rings is 1. The van der Waals surface area contributed by atoms with Crippen LogP contribution in [0.1, 0.15) is 6.42 Å². The van der Waals surface area contributed by atoms with Gasteiger partial charge in [-0.05, 0) is 24.3 Å². The zero-order chi connectivity index (χ0) is 13.3. The Morgan fingerprint density at radius 1 is 1.39 bits per heavy atom. The molecular formula is C12H12N2O4. The van der Waals surface area contributed by atoms with Gasteiger partial charge in [0.25, 0.3) is 0 Å². The van der Waals surface area contributed by atoms with Gasteiger partial charge in [-0.25, -0.2) is 4.79 Å². The van der Waals surface area contributed by atoms with Crippen LogP contribution in [0.25, 0.3) is 0 Å². The maximum absolute atomic E-state index is 11.8. The van der Waals surface area contributed by atoms with Crippen molar-refractivity contribution in [2.75, 3.05) is 12.0 Å². The number of carboxylic acid groups (broad SMARTS) is 1. The number of hydrogen-bond donors (Lipinski definition) is 2. The van der Waals surface area contributed by atoms with Crippen LogP contribution < -0.4 is 15.4 Å². The van der Waals surface area contributed by atoms with Gasteiger partial charge in [0, 0.05) is 0 Å². The monoisotopic (exact) mass is 248 g/mol. The van der Waals surface area contributed by atoms with Crippen LogP contribution in [-0.4, -0.2) is 24.1 Å². The molecule has 0 radical (unpaired) electrons. The highest BCUT2D eigenvalue weighted by Gasteiger charge is 2.33. The molecule has 3 N–H and O–H groups in total. The molecule has 0 saturated heterocycles. The molecular weight excluding hydrogens is 236 g/mol. The van der Waals surface area contributed by atoms with Gasteiger partial charge in [0.2, 0.25) is 5.91 Å². The van der Waals surface area contributed by atoms with Crippen molar-refractivity contribution in [2.24, 2.45) is 5.73 Å². The van der Waals surface area contributed by atoms with Gasteiger partial charge in [-0.3, -0.25) is 9.69 Å². The molecule has 1 aliphatic heterocycles. The third-order valence-electron chi connectivity index (χ3n) is 2.72. The fourth-order valence-electron chi connectivity index (χ4n) is 1.79. The molecule has 0 bridgehead atoms. The number of methoxy groups -OCH3 is 1. The van der Waals surface area contributed by atoms with Crippen LogP contribution in [0, 0.1) is 0 Å². The number of nitrogens with zero attached hydrogens (tertiary/aromatic N) is 1. The summed E-state index contributed by atoms with van der Waals surface area (Å²) in [7, 11) is 1.53. The Bertz CT molecular complexity index is 534. The maximum atomic E-state index is 11.8. The summed E-state index contributed by atoms with van der Waals surface area (Å²) in [5, 5.41) is 8.91. The third kappa shape index (κ3) is 1.88. The number of carbonyl (C=O) groups excluding carboxylic acids is 1. The summed E-state index contributed by atoms with van der Waals surface area (Å²) < 4.78 is 5.00. The van der Waals surface area contributed by atoms with Crippen molar-refractivity contribution in [3.05, 3.63) is 35.7 Å². The SMILES string of the molecule is COc1ccc(N2C(=O)CC(C(=O)O)=C2N)cc1. The highest BCUT2D eigenvalue weighted by atomic mass is 16.5. The molecule has 0 unspecified atom stereocenters. The number of aliphatic carboxylic acids is 1. The van der Waals surface area contributed by atoms with Crippen molar-refractivity contribution in [3.8, 4) is 5.75 Å². The summed E-state index contributed by atoms with van der Waals surface area (Å²) in [6.07, 6.45) is -0.187. The second kappa shape index (κ2) is 4.40. The molecule has 2 rings (SSSR count). The fraction of sp³-hybridized carbons (Fsp3) is 0.167. The van der Waals surface area contributed by atoms with Crippen LogP contribution in [0.2, 0.25) is 0 Å². The third-order valence-corrected chi connectivity index (χ3v) is 2.72. The van der Waals surface area contributed by atoms with E-state index in [9.17, 15) is 9.59 Å². The molecule has 94 valence electrons. The second-order valence-corrected chi connectivity index (χ2v) is 3.77. The Morgan fingerprint density at radius 2 is 2.00 bits per heavy atom. The minimum Gasteiger partial charge on any atom is -0.497 e. The minimum absolute atomic E-state index is 0.0299. The first-order valence-corrected chi connectivity index (χ1v) is 5.23. The number of nitrogens with two attached hydrogens (primary N) is 1. The van der Waals surface area contributed by atoms with Gasteiger partial charge >= 0.3 is 5.97 Å². The molecule has 1 aliphatic rings. The molecule has 0 fully saturated rings. The molecule has 18 heavy (non-hydrogen) atoms. The topological polar surface area (TPSA) is 92.9 Å². The maximum Gasteiger partial charge on any atom is 0.335 e. The summed E-state index contributed by atoms with van der Waals surface area (Å²) in [6.45, 7) is 0.